The van der Waals surface area contributed by atoms with E-state index in [9.17, 15) is 4.79 Å². The zero-order chi connectivity index (χ0) is 16.5. The predicted octanol–water partition coefficient (Wildman–Crippen LogP) is 4.82. The summed E-state index contributed by atoms with van der Waals surface area (Å²) in [5, 5.41) is 0. The van der Waals surface area contributed by atoms with Gasteiger partial charge in [0.05, 0.1) is 6.10 Å². The zero-order valence-corrected chi connectivity index (χ0v) is 14.4. The first kappa shape index (κ1) is 18.3. The fraction of sp³-hybridized carbons (Fsp3) is 0.750. The Balaban J connectivity index is 1.57. The number of rotatable bonds is 8. The summed E-state index contributed by atoms with van der Waals surface area (Å²) in [4.78, 5) is 12.0. The first-order valence-electron chi connectivity index (χ1n) is 9.24. The lowest BCUT2D eigenvalue weighted by atomic mass is 9.85. The van der Waals surface area contributed by atoms with Crippen molar-refractivity contribution in [3.8, 4) is 0 Å². The van der Waals surface area contributed by atoms with Crippen LogP contribution in [-0.4, -0.2) is 24.8 Å². The van der Waals surface area contributed by atoms with Crippen molar-refractivity contribution in [1.82, 2.24) is 0 Å². The van der Waals surface area contributed by atoms with Crippen LogP contribution in [0.1, 0.15) is 64.2 Å². The number of hydrogen-bond acceptors (Lipinski definition) is 3. The summed E-state index contributed by atoms with van der Waals surface area (Å²) in [7, 11) is 0. The van der Waals surface area contributed by atoms with Gasteiger partial charge in [-0.2, -0.15) is 0 Å². The van der Waals surface area contributed by atoms with Crippen molar-refractivity contribution in [2.75, 3.05) is 6.61 Å². The molecule has 3 nitrogen and oxygen atoms in total. The second kappa shape index (κ2) is 9.92. The van der Waals surface area contributed by atoms with Crippen molar-refractivity contribution in [1.29, 1.82) is 0 Å². The van der Waals surface area contributed by atoms with E-state index in [0.29, 0.717) is 0 Å². The molecule has 3 heteroatoms. The van der Waals surface area contributed by atoms with Gasteiger partial charge in [-0.1, -0.05) is 12.2 Å². The van der Waals surface area contributed by atoms with E-state index in [4.69, 9.17) is 9.47 Å². The second-order valence-corrected chi connectivity index (χ2v) is 7.14. The second-order valence-electron chi connectivity index (χ2n) is 7.14. The maximum absolute atomic E-state index is 12.0. The van der Waals surface area contributed by atoms with Crippen LogP contribution in [-0.2, 0) is 14.3 Å². The van der Waals surface area contributed by atoms with Crippen molar-refractivity contribution in [2.24, 2.45) is 11.8 Å². The minimum atomic E-state index is -0.189. The molecule has 2 aliphatic carbocycles. The number of carbonyl (C=O) groups is 1. The van der Waals surface area contributed by atoms with E-state index >= 15 is 0 Å². The van der Waals surface area contributed by atoms with Crippen LogP contribution in [0.25, 0.3) is 0 Å². The van der Waals surface area contributed by atoms with Crippen molar-refractivity contribution < 1.29 is 14.3 Å². The van der Waals surface area contributed by atoms with Crippen molar-refractivity contribution in [2.45, 2.75) is 76.4 Å². The molecule has 0 aliphatic heterocycles. The first-order valence-corrected chi connectivity index (χ1v) is 9.24. The van der Waals surface area contributed by atoms with E-state index < -0.39 is 0 Å². The van der Waals surface area contributed by atoms with E-state index in [1.165, 1.54) is 12.8 Å². The molecule has 0 amide bonds. The van der Waals surface area contributed by atoms with Gasteiger partial charge in [-0.3, -0.25) is 0 Å². The number of allylic oxidation sites excluding steroid dienone is 2. The topological polar surface area (TPSA) is 35.5 Å². The van der Waals surface area contributed by atoms with E-state index in [1.54, 1.807) is 0 Å². The predicted molar refractivity (Wildman–Crippen MR) is 93.2 cm³/mol. The average molecular weight is 320 g/mol. The summed E-state index contributed by atoms with van der Waals surface area (Å²) in [5.41, 5.74) is 0. The number of carbonyl (C=O) groups excluding carboxylic acids is 1. The minimum absolute atomic E-state index is 0.0930. The monoisotopic (exact) mass is 320 g/mol. The fourth-order valence-corrected chi connectivity index (χ4v) is 3.90. The lowest BCUT2D eigenvalue weighted by Gasteiger charge is -2.29. The lowest BCUT2D eigenvalue weighted by Crippen LogP contribution is -2.29. The standard InChI is InChI=1S/C20H32O3/c1-3-5-16-7-11-18(12-8-16)22-15-20(21)23-19-13-9-17(6-4-2)10-14-19/h3-4,16-19H,1-2,5-15H2. The first-order chi connectivity index (χ1) is 11.2. The largest absolute Gasteiger partial charge is 0.461 e. The number of esters is 1. The van der Waals surface area contributed by atoms with Crippen LogP contribution in [0.2, 0.25) is 0 Å². The molecule has 130 valence electrons. The molecule has 0 N–H and O–H groups in total. The Labute approximate surface area is 141 Å². The summed E-state index contributed by atoms with van der Waals surface area (Å²) in [6.45, 7) is 7.72. The highest BCUT2D eigenvalue weighted by atomic mass is 16.6. The molecule has 0 atom stereocenters. The van der Waals surface area contributed by atoms with Gasteiger partial charge in [0.15, 0.2) is 0 Å². The molecule has 0 unspecified atom stereocenters. The minimum Gasteiger partial charge on any atom is -0.461 e. The molecule has 0 aromatic carbocycles. The van der Waals surface area contributed by atoms with Gasteiger partial charge in [0.2, 0.25) is 0 Å². The molecule has 0 spiro atoms. The van der Waals surface area contributed by atoms with Crippen molar-refractivity contribution in [3.63, 3.8) is 0 Å². The third-order valence-electron chi connectivity index (χ3n) is 5.32. The highest BCUT2D eigenvalue weighted by molar-refractivity contribution is 5.70. The summed E-state index contributed by atoms with van der Waals surface area (Å²) >= 11 is 0. The maximum Gasteiger partial charge on any atom is 0.332 e. The zero-order valence-electron chi connectivity index (χ0n) is 14.4. The van der Waals surface area contributed by atoms with Gasteiger partial charge in [-0.25, -0.2) is 4.79 Å². The summed E-state index contributed by atoms with van der Waals surface area (Å²) in [6.07, 6.45) is 15.2. The highest BCUT2D eigenvalue weighted by Gasteiger charge is 2.25. The van der Waals surface area contributed by atoms with Crippen LogP contribution in [0.5, 0.6) is 0 Å². The van der Waals surface area contributed by atoms with Gasteiger partial charge in [0.25, 0.3) is 0 Å². The maximum atomic E-state index is 12.0. The van der Waals surface area contributed by atoms with Crippen LogP contribution in [0.4, 0.5) is 0 Å². The molecular weight excluding hydrogens is 288 g/mol. The Morgan fingerprint density at radius 3 is 1.78 bits per heavy atom. The molecule has 2 aliphatic rings. The van der Waals surface area contributed by atoms with Gasteiger partial charge in [-0.15, -0.1) is 13.2 Å². The number of hydrogen-bond donors (Lipinski definition) is 0. The Kier molecular flexibility index (Phi) is 7.87. The molecule has 2 fully saturated rings. The van der Waals surface area contributed by atoms with Gasteiger partial charge in [0, 0.05) is 0 Å². The molecule has 0 aromatic rings. The Hall–Kier alpha value is -1.09. The number of ether oxygens (including phenoxy) is 2. The van der Waals surface area contributed by atoms with Gasteiger partial charge < -0.3 is 9.47 Å². The summed E-state index contributed by atoms with van der Waals surface area (Å²) in [5.74, 6) is 1.29. The van der Waals surface area contributed by atoms with Crippen molar-refractivity contribution >= 4 is 5.97 Å². The molecule has 0 bridgehead atoms. The van der Waals surface area contributed by atoms with E-state index in [-0.39, 0.29) is 24.8 Å². The molecule has 2 saturated carbocycles. The fourth-order valence-electron chi connectivity index (χ4n) is 3.90. The van der Waals surface area contributed by atoms with Crippen LogP contribution in [0, 0.1) is 11.8 Å². The molecule has 2 rings (SSSR count). The molecule has 0 heterocycles. The van der Waals surface area contributed by atoms with E-state index in [1.807, 2.05) is 12.2 Å². The third-order valence-corrected chi connectivity index (χ3v) is 5.32. The average Bonchev–Trinajstić information content (AvgIpc) is 2.57. The highest BCUT2D eigenvalue weighted by Crippen LogP contribution is 2.30. The van der Waals surface area contributed by atoms with Gasteiger partial charge in [0.1, 0.15) is 12.7 Å². The van der Waals surface area contributed by atoms with Crippen LogP contribution in [0.3, 0.4) is 0 Å². The van der Waals surface area contributed by atoms with Gasteiger partial charge >= 0.3 is 5.97 Å². The summed E-state index contributed by atoms with van der Waals surface area (Å²) < 4.78 is 11.3. The molecule has 0 radical (unpaired) electrons. The smallest absolute Gasteiger partial charge is 0.332 e. The SMILES string of the molecule is C=CCC1CCC(OCC(=O)OC2CCC(CC=C)CC2)CC1. The van der Waals surface area contributed by atoms with E-state index in [2.05, 4.69) is 13.2 Å². The lowest BCUT2D eigenvalue weighted by molar-refractivity contribution is -0.159. The Morgan fingerprint density at radius 1 is 0.826 bits per heavy atom. The van der Waals surface area contributed by atoms with Crippen LogP contribution >= 0.6 is 0 Å². The molecular formula is C20H32O3. The van der Waals surface area contributed by atoms with Crippen LogP contribution < -0.4 is 0 Å². The molecule has 0 aromatic heterocycles. The third kappa shape index (κ3) is 6.50. The van der Waals surface area contributed by atoms with Crippen LogP contribution in [0.15, 0.2) is 25.3 Å². The van der Waals surface area contributed by atoms with Crippen molar-refractivity contribution in [3.05, 3.63) is 25.3 Å². The quantitative estimate of drug-likeness (QED) is 0.475. The Morgan fingerprint density at radius 2 is 1.30 bits per heavy atom. The molecule has 0 saturated heterocycles. The van der Waals surface area contributed by atoms with E-state index in [0.717, 1.165) is 63.2 Å². The molecule has 23 heavy (non-hydrogen) atoms. The summed E-state index contributed by atoms with van der Waals surface area (Å²) in [6, 6.07) is 0. The van der Waals surface area contributed by atoms with Gasteiger partial charge in [-0.05, 0) is 76.0 Å². The Bertz CT molecular complexity index is 374. The normalized spacial score (nSPS) is 31.3.